The van der Waals surface area contributed by atoms with E-state index in [1.54, 1.807) is 12.1 Å². The van der Waals surface area contributed by atoms with E-state index >= 15 is 0 Å². The molecule has 8 nitrogen and oxygen atoms in total. The van der Waals surface area contributed by atoms with Gasteiger partial charge in [-0.3, -0.25) is 14.9 Å². The van der Waals surface area contributed by atoms with Crippen LogP contribution in [0.15, 0.2) is 48.0 Å². The Morgan fingerprint density at radius 1 is 1.14 bits per heavy atom. The van der Waals surface area contributed by atoms with Gasteiger partial charge in [-0.2, -0.15) is 0 Å². The highest BCUT2D eigenvalue weighted by Crippen LogP contribution is 2.27. The van der Waals surface area contributed by atoms with E-state index in [4.69, 9.17) is 16.3 Å². The molecule has 0 radical (unpaired) electrons. The van der Waals surface area contributed by atoms with Crippen LogP contribution in [0, 0.1) is 0 Å². The number of carboxylic acids is 1. The lowest BCUT2D eigenvalue weighted by atomic mass is 10.1. The second-order valence-electron chi connectivity index (χ2n) is 5.69. The van der Waals surface area contributed by atoms with Gasteiger partial charge in [0.25, 0.3) is 11.8 Å². The maximum absolute atomic E-state index is 12.8. The van der Waals surface area contributed by atoms with Gasteiger partial charge in [-0.25, -0.2) is 9.69 Å². The molecule has 1 saturated heterocycles. The summed E-state index contributed by atoms with van der Waals surface area (Å²) in [6.07, 6.45) is 1.29. The van der Waals surface area contributed by atoms with Gasteiger partial charge in [-0.1, -0.05) is 29.8 Å². The number of methoxy groups -OCH3 is 1. The Hall–Kier alpha value is -3.65. The van der Waals surface area contributed by atoms with Crippen LogP contribution in [0.2, 0.25) is 5.02 Å². The Morgan fingerprint density at radius 2 is 1.82 bits per heavy atom. The Bertz CT molecular complexity index is 1030. The molecule has 1 aliphatic rings. The fourth-order valence-electron chi connectivity index (χ4n) is 2.58. The normalized spacial score (nSPS) is 15.6. The zero-order chi connectivity index (χ0) is 20.4. The van der Waals surface area contributed by atoms with Crippen molar-refractivity contribution < 1.29 is 29.0 Å². The van der Waals surface area contributed by atoms with Crippen LogP contribution in [0.25, 0.3) is 6.08 Å². The first kappa shape index (κ1) is 19.1. The number of hydrogen-bond acceptors (Lipinski definition) is 6. The minimum atomic E-state index is -1.40. The highest BCUT2D eigenvalue weighted by atomic mass is 35.5. The highest BCUT2D eigenvalue weighted by molar-refractivity contribution is 6.39. The van der Waals surface area contributed by atoms with Crippen LogP contribution < -0.4 is 20.1 Å². The number of hydrogen-bond donors (Lipinski definition) is 1. The van der Waals surface area contributed by atoms with Crippen molar-refractivity contribution in [1.29, 1.82) is 0 Å². The van der Waals surface area contributed by atoms with Crippen LogP contribution in [0.4, 0.5) is 10.5 Å². The number of anilines is 1. The highest BCUT2D eigenvalue weighted by Gasteiger charge is 2.36. The molecule has 0 aliphatic carbocycles. The predicted molar refractivity (Wildman–Crippen MR) is 97.8 cm³/mol. The second-order valence-corrected chi connectivity index (χ2v) is 6.09. The number of amides is 4. The monoisotopic (exact) mass is 399 g/mol. The smallest absolute Gasteiger partial charge is 0.335 e. The van der Waals surface area contributed by atoms with Crippen molar-refractivity contribution in [1.82, 2.24) is 5.32 Å². The molecule has 4 amide bonds. The van der Waals surface area contributed by atoms with Crippen LogP contribution in [0.5, 0.6) is 5.75 Å². The van der Waals surface area contributed by atoms with E-state index in [1.165, 1.54) is 43.5 Å². The van der Waals surface area contributed by atoms with Crippen molar-refractivity contribution in [2.24, 2.45) is 0 Å². The first-order chi connectivity index (χ1) is 13.3. The molecule has 1 N–H and O–H groups in total. The van der Waals surface area contributed by atoms with Crippen molar-refractivity contribution in [3.63, 3.8) is 0 Å². The van der Waals surface area contributed by atoms with Crippen molar-refractivity contribution in [3.8, 4) is 5.75 Å². The first-order valence-corrected chi connectivity index (χ1v) is 8.26. The lowest BCUT2D eigenvalue weighted by Crippen LogP contribution is -2.54. The lowest BCUT2D eigenvalue weighted by molar-refractivity contribution is -0.255. The average Bonchev–Trinajstić information content (AvgIpc) is 2.65. The second kappa shape index (κ2) is 7.53. The molecule has 142 valence electrons. The molecule has 0 aromatic heterocycles. The van der Waals surface area contributed by atoms with Gasteiger partial charge in [0.15, 0.2) is 0 Å². The zero-order valence-corrected chi connectivity index (χ0v) is 15.1. The van der Waals surface area contributed by atoms with E-state index in [0.29, 0.717) is 11.3 Å². The number of imide groups is 2. The summed E-state index contributed by atoms with van der Waals surface area (Å²) in [5.74, 6) is -2.69. The van der Waals surface area contributed by atoms with Gasteiger partial charge in [-0.15, -0.1) is 0 Å². The summed E-state index contributed by atoms with van der Waals surface area (Å²) in [4.78, 5) is 48.7. The third-order valence-electron chi connectivity index (χ3n) is 3.95. The summed E-state index contributed by atoms with van der Waals surface area (Å²) in [6, 6.07) is 8.63. The van der Waals surface area contributed by atoms with E-state index in [0.717, 1.165) is 4.90 Å². The number of nitrogens with zero attached hydrogens (tertiary/aromatic N) is 1. The molecule has 0 atom stereocenters. The summed E-state index contributed by atoms with van der Waals surface area (Å²) in [5, 5.41) is 13.2. The molecule has 9 heteroatoms. The van der Waals surface area contributed by atoms with Crippen molar-refractivity contribution >= 4 is 47.2 Å². The number of carbonyl (C=O) groups is 4. The Kier molecular flexibility index (Phi) is 5.14. The quantitative estimate of drug-likeness (QED) is 0.613. The van der Waals surface area contributed by atoms with E-state index in [9.17, 15) is 24.3 Å². The first-order valence-electron chi connectivity index (χ1n) is 7.88. The predicted octanol–water partition coefficient (Wildman–Crippen LogP) is 1.38. The molecular formula is C19H12ClN2O6-. The number of carboxylic acid groups (broad SMARTS) is 1. The number of barbiturate groups is 1. The number of carbonyl (C=O) groups excluding carboxylic acids is 4. The standard InChI is InChI=1S/C19H13ClN2O6/c1-28-15-7-2-10(9-14(15)20)8-13-16(23)21-19(27)22(17(13)24)12-5-3-11(4-6-12)18(25)26/h2-9H,1H3,(H,25,26)(H,21,23,27)/p-1/b13-8-. The molecule has 1 aliphatic heterocycles. The molecule has 3 rings (SSSR count). The fourth-order valence-corrected chi connectivity index (χ4v) is 2.84. The largest absolute Gasteiger partial charge is 0.545 e. The molecule has 0 bridgehead atoms. The molecule has 0 unspecified atom stereocenters. The van der Waals surface area contributed by atoms with Crippen LogP contribution >= 0.6 is 11.6 Å². The van der Waals surface area contributed by atoms with Crippen LogP contribution in [0.3, 0.4) is 0 Å². The third kappa shape index (κ3) is 3.58. The number of benzene rings is 2. The maximum atomic E-state index is 12.8. The van der Waals surface area contributed by atoms with Crippen LogP contribution in [0.1, 0.15) is 15.9 Å². The van der Waals surface area contributed by atoms with Crippen molar-refractivity contribution in [3.05, 3.63) is 64.2 Å². The summed E-state index contributed by atoms with van der Waals surface area (Å²) < 4.78 is 5.05. The van der Waals surface area contributed by atoms with E-state index < -0.39 is 23.8 Å². The Labute approximate surface area is 164 Å². The topological polar surface area (TPSA) is 116 Å². The molecule has 1 fully saturated rings. The van der Waals surface area contributed by atoms with E-state index in [2.05, 4.69) is 5.32 Å². The Morgan fingerprint density at radius 3 is 2.39 bits per heavy atom. The fraction of sp³-hybridized carbons (Fsp3) is 0.0526. The molecular weight excluding hydrogens is 388 g/mol. The van der Waals surface area contributed by atoms with Crippen LogP contribution in [-0.2, 0) is 9.59 Å². The summed E-state index contributed by atoms with van der Waals surface area (Å²) in [7, 11) is 1.45. The van der Waals surface area contributed by atoms with Gasteiger partial charge >= 0.3 is 6.03 Å². The minimum Gasteiger partial charge on any atom is -0.545 e. The van der Waals surface area contributed by atoms with Crippen molar-refractivity contribution in [2.45, 2.75) is 0 Å². The number of aromatic carboxylic acids is 1. The number of nitrogens with one attached hydrogen (secondary N) is 1. The summed E-state index contributed by atoms with van der Waals surface area (Å²) in [5.41, 5.74) is 0.141. The zero-order valence-electron chi connectivity index (χ0n) is 14.4. The van der Waals surface area contributed by atoms with Gasteiger partial charge in [0.05, 0.1) is 23.8 Å². The molecule has 0 spiro atoms. The maximum Gasteiger partial charge on any atom is 0.335 e. The number of urea groups is 1. The van der Waals surface area contributed by atoms with Gasteiger partial charge in [-0.05, 0) is 41.5 Å². The number of rotatable bonds is 4. The van der Waals surface area contributed by atoms with Gasteiger partial charge in [0.2, 0.25) is 0 Å². The molecule has 0 saturated carbocycles. The molecule has 2 aromatic carbocycles. The van der Waals surface area contributed by atoms with Crippen molar-refractivity contribution in [2.75, 3.05) is 12.0 Å². The van der Waals surface area contributed by atoms with Gasteiger partial charge < -0.3 is 14.6 Å². The summed E-state index contributed by atoms with van der Waals surface area (Å²) in [6.45, 7) is 0. The van der Waals surface area contributed by atoms with Gasteiger partial charge in [0.1, 0.15) is 11.3 Å². The Balaban J connectivity index is 1.98. The third-order valence-corrected chi connectivity index (χ3v) is 4.25. The SMILES string of the molecule is COc1ccc(/C=C2/C(=O)NC(=O)N(c3ccc(C(=O)[O-])cc3)C2=O)cc1Cl. The summed E-state index contributed by atoms with van der Waals surface area (Å²) >= 11 is 6.05. The lowest BCUT2D eigenvalue weighted by Gasteiger charge is -2.26. The molecule has 28 heavy (non-hydrogen) atoms. The molecule has 1 heterocycles. The minimum absolute atomic E-state index is 0.0960. The average molecular weight is 400 g/mol. The molecule has 2 aromatic rings. The van der Waals surface area contributed by atoms with E-state index in [-0.39, 0.29) is 21.8 Å². The van der Waals surface area contributed by atoms with Crippen LogP contribution in [-0.4, -0.2) is 30.9 Å². The van der Waals surface area contributed by atoms with E-state index in [1.807, 2.05) is 0 Å². The number of halogens is 1. The van der Waals surface area contributed by atoms with Gasteiger partial charge in [0, 0.05) is 0 Å². The number of ether oxygens (including phenoxy) is 1.